The number of alkyl carbamates (subject to hydrolysis) is 1. The Balaban J connectivity index is 2.12. The van der Waals surface area contributed by atoms with Crippen LogP contribution in [0, 0.1) is 0 Å². The zero-order valence-electron chi connectivity index (χ0n) is 24.5. The maximum atomic E-state index is 13.4. The van der Waals surface area contributed by atoms with Crippen molar-refractivity contribution in [2.24, 2.45) is 0 Å². The maximum absolute atomic E-state index is 13.4. The zero-order valence-corrected chi connectivity index (χ0v) is 25.5. The monoisotopic (exact) mass is 543 g/mol. The van der Waals surface area contributed by atoms with Crippen molar-refractivity contribution in [3.05, 3.63) is 59.7 Å². The summed E-state index contributed by atoms with van der Waals surface area (Å²) >= 11 is 0. The lowest BCUT2D eigenvalue weighted by molar-refractivity contribution is -0.161. The van der Waals surface area contributed by atoms with E-state index in [1.165, 1.54) is 5.56 Å². The second-order valence-corrected chi connectivity index (χ2v) is 17.7. The van der Waals surface area contributed by atoms with E-state index in [0.717, 1.165) is 6.04 Å². The minimum absolute atomic E-state index is 0.271. The van der Waals surface area contributed by atoms with Gasteiger partial charge in [-0.3, -0.25) is 0 Å². The lowest BCUT2D eigenvalue weighted by Crippen LogP contribution is -2.40. The van der Waals surface area contributed by atoms with Crippen molar-refractivity contribution < 1.29 is 28.5 Å². The number of hydrogen-bond donors (Lipinski definition) is 1. The van der Waals surface area contributed by atoms with Crippen molar-refractivity contribution in [3.8, 4) is 11.5 Å². The molecule has 0 aliphatic rings. The van der Waals surface area contributed by atoms with Crippen LogP contribution in [-0.4, -0.2) is 45.5 Å². The van der Waals surface area contributed by atoms with E-state index in [2.05, 4.69) is 38.8 Å². The van der Waals surface area contributed by atoms with Crippen LogP contribution in [0.25, 0.3) is 0 Å². The van der Waals surface area contributed by atoms with Gasteiger partial charge in [0.2, 0.25) is 5.60 Å². The lowest BCUT2D eigenvalue weighted by atomic mass is 9.95. The molecule has 0 unspecified atom stereocenters. The van der Waals surface area contributed by atoms with E-state index >= 15 is 0 Å². The first-order valence-corrected chi connectivity index (χ1v) is 17.0. The van der Waals surface area contributed by atoms with E-state index in [0.29, 0.717) is 36.1 Å². The highest BCUT2D eigenvalue weighted by Crippen LogP contribution is 2.32. The van der Waals surface area contributed by atoms with Crippen molar-refractivity contribution >= 4 is 20.1 Å². The largest absolute Gasteiger partial charge is 0.492 e. The number of carbonyl (C=O) groups excluding carboxylic acids is 2. The lowest BCUT2D eigenvalue weighted by Gasteiger charge is -2.30. The Morgan fingerprint density at radius 3 is 1.97 bits per heavy atom. The second kappa shape index (κ2) is 13.2. The van der Waals surface area contributed by atoms with Gasteiger partial charge in [-0.05, 0) is 69.5 Å². The van der Waals surface area contributed by atoms with Gasteiger partial charge >= 0.3 is 12.1 Å². The van der Waals surface area contributed by atoms with E-state index in [1.54, 1.807) is 31.2 Å². The summed E-state index contributed by atoms with van der Waals surface area (Å²) < 4.78 is 23.0. The third-order valence-electron chi connectivity index (χ3n) is 5.79. The summed E-state index contributed by atoms with van der Waals surface area (Å²) in [6, 6.07) is 15.8. The molecule has 210 valence electrons. The molecule has 2 aromatic rings. The number of hydrogen-bond acceptors (Lipinski definition) is 6. The van der Waals surface area contributed by atoms with Gasteiger partial charge in [0.05, 0.1) is 13.2 Å². The summed E-state index contributed by atoms with van der Waals surface area (Å²) in [5.74, 6) is 1.16. The van der Waals surface area contributed by atoms with Crippen LogP contribution >= 0.6 is 0 Å². The smallest absolute Gasteiger partial charge is 0.407 e. The minimum atomic E-state index is -1.37. The van der Waals surface area contributed by atoms with E-state index < -0.39 is 31.3 Å². The van der Waals surface area contributed by atoms with Gasteiger partial charge in [0.25, 0.3) is 0 Å². The standard InChI is InChI=1S/C30H45NO6Si/c1-22(2)23-10-14-26(15-11-23)36-30(6,27(32)35-20-21-38(7,8)9)24-12-16-25(17-13-24)34-19-18-31-28(33)37-29(3,4)5/h10-17,22H,18-21H2,1-9H3,(H,31,33)/t30-/m0/s1. The molecule has 0 aromatic heterocycles. The average Bonchev–Trinajstić information content (AvgIpc) is 2.80. The normalized spacial score (nSPS) is 13.4. The van der Waals surface area contributed by atoms with Crippen molar-refractivity contribution in [1.29, 1.82) is 0 Å². The highest BCUT2D eigenvalue weighted by Gasteiger charge is 2.40. The first-order chi connectivity index (χ1) is 17.6. The molecule has 0 bridgehead atoms. The Bertz CT molecular complexity index is 1040. The molecule has 0 heterocycles. The third kappa shape index (κ3) is 10.4. The molecule has 8 heteroatoms. The van der Waals surface area contributed by atoms with E-state index in [9.17, 15) is 9.59 Å². The second-order valence-electron chi connectivity index (χ2n) is 12.1. The fraction of sp³-hybridized carbons (Fsp3) is 0.533. The van der Waals surface area contributed by atoms with Gasteiger partial charge < -0.3 is 24.3 Å². The van der Waals surface area contributed by atoms with Gasteiger partial charge in [0, 0.05) is 13.6 Å². The maximum Gasteiger partial charge on any atom is 0.407 e. The quantitative estimate of drug-likeness (QED) is 0.178. The van der Waals surface area contributed by atoms with E-state index in [-0.39, 0.29) is 6.61 Å². The van der Waals surface area contributed by atoms with Crippen molar-refractivity contribution in [3.63, 3.8) is 0 Å². The van der Waals surface area contributed by atoms with Crippen LogP contribution in [0.15, 0.2) is 48.5 Å². The molecule has 1 amide bonds. The molecule has 38 heavy (non-hydrogen) atoms. The summed E-state index contributed by atoms with van der Waals surface area (Å²) in [5.41, 5.74) is -0.0423. The molecule has 7 nitrogen and oxygen atoms in total. The zero-order chi connectivity index (χ0) is 28.6. The van der Waals surface area contributed by atoms with Crippen LogP contribution < -0.4 is 14.8 Å². The van der Waals surface area contributed by atoms with Crippen LogP contribution in [0.3, 0.4) is 0 Å². The van der Waals surface area contributed by atoms with E-state index in [4.69, 9.17) is 18.9 Å². The summed E-state index contributed by atoms with van der Waals surface area (Å²) in [6.07, 6.45) is -0.488. The molecule has 1 N–H and O–H groups in total. The molecule has 2 rings (SSSR count). The molecule has 0 spiro atoms. The number of esters is 1. The van der Waals surface area contributed by atoms with Gasteiger partial charge in [-0.25, -0.2) is 9.59 Å². The predicted molar refractivity (Wildman–Crippen MR) is 154 cm³/mol. The Morgan fingerprint density at radius 2 is 1.45 bits per heavy atom. The van der Waals surface area contributed by atoms with Gasteiger partial charge in [0.1, 0.15) is 23.7 Å². The number of rotatable bonds is 12. The Morgan fingerprint density at radius 1 is 0.868 bits per heavy atom. The SMILES string of the molecule is CC(C)c1ccc(O[C@](C)(C(=O)OCC[Si](C)(C)C)c2ccc(OCCNC(=O)OC(C)(C)C)cc2)cc1. The summed E-state index contributed by atoms with van der Waals surface area (Å²) in [7, 11) is -1.37. The third-order valence-corrected chi connectivity index (χ3v) is 7.49. The minimum Gasteiger partial charge on any atom is -0.492 e. The molecule has 0 radical (unpaired) electrons. The Kier molecular flexibility index (Phi) is 10.8. The van der Waals surface area contributed by atoms with Gasteiger partial charge in [-0.1, -0.05) is 57.8 Å². The number of nitrogens with one attached hydrogen (secondary N) is 1. The first-order valence-electron chi connectivity index (χ1n) is 13.3. The van der Waals surface area contributed by atoms with Crippen molar-refractivity contribution in [1.82, 2.24) is 5.32 Å². The van der Waals surface area contributed by atoms with Crippen molar-refractivity contribution in [2.75, 3.05) is 19.8 Å². The molecule has 1 atom stereocenters. The first kappa shape index (κ1) is 31.2. The molecular formula is C30H45NO6Si. The fourth-order valence-corrected chi connectivity index (χ4v) is 4.18. The number of ether oxygens (including phenoxy) is 4. The van der Waals surface area contributed by atoms with Crippen LogP contribution in [0.5, 0.6) is 11.5 Å². The van der Waals surface area contributed by atoms with Crippen LogP contribution in [-0.2, 0) is 19.9 Å². The summed E-state index contributed by atoms with van der Waals surface area (Å²) in [5, 5.41) is 2.66. The summed E-state index contributed by atoms with van der Waals surface area (Å²) in [4.78, 5) is 25.2. The van der Waals surface area contributed by atoms with E-state index in [1.807, 2.05) is 45.0 Å². The van der Waals surface area contributed by atoms with Gasteiger partial charge in [-0.2, -0.15) is 0 Å². The fourth-order valence-electron chi connectivity index (χ4n) is 3.47. The Hall–Kier alpha value is -3.00. The highest BCUT2D eigenvalue weighted by atomic mass is 28.3. The Labute approximate surface area is 229 Å². The number of carbonyl (C=O) groups is 2. The van der Waals surface area contributed by atoms with Crippen molar-refractivity contribution in [2.45, 2.75) is 84.3 Å². The van der Waals surface area contributed by atoms with Gasteiger partial charge in [0.15, 0.2) is 0 Å². The number of amides is 1. The topological polar surface area (TPSA) is 83.1 Å². The highest BCUT2D eigenvalue weighted by molar-refractivity contribution is 6.76. The molecule has 0 aliphatic heterocycles. The van der Waals surface area contributed by atoms with Gasteiger partial charge in [-0.15, -0.1) is 0 Å². The average molecular weight is 544 g/mol. The van der Waals surface area contributed by atoms with Crippen LogP contribution in [0.2, 0.25) is 25.7 Å². The molecule has 0 saturated carbocycles. The molecule has 0 saturated heterocycles. The molecule has 2 aromatic carbocycles. The molecular weight excluding hydrogens is 498 g/mol. The van der Waals surface area contributed by atoms with Crippen LogP contribution in [0.1, 0.15) is 58.6 Å². The van der Waals surface area contributed by atoms with Crippen LogP contribution in [0.4, 0.5) is 4.79 Å². The predicted octanol–water partition coefficient (Wildman–Crippen LogP) is 6.89. The molecule has 0 fully saturated rings. The summed E-state index contributed by atoms with van der Waals surface area (Å²) in [6.45, 7) is 19.1. The number of benzene rings is 2. The molecule has 0 aliphatic carbocycles.